The second-order valence-electron chi connectivity index (χ2n) is 4.76. The molecule has 3 amide bonds. The molecule has 2 heterocycles. The monoisotopic (exact) mass is 280 g/mol. The maximum Gasteiger partial charge on any atom is 0.321 e. The number of nitrogens with zero attached hydrogens (tertiary/aromatic N) is 2. The van der Waals surface area contributed by atoms with Crippen molar-refractivity contribution >= 4 is 11.9 Å². The second kappa shape index (κ2) is 7.06. The topological polar surface area (TPSA) is 77.8 Å². The molecule has 0 bridgehead atoms. The first kappa shape index (κ1) is 14.5. The van der Waals surface area contributed by atoms with E-state index in [-0.39, 0.29) is 12.5 Å². The minimum atomic E-state index is -0.466. The lowest BCUT2D eigenvalue weighted by atomic mass is 10.3. The second-order valence-corrected chi connectivity index (χ2v) is 4.76. The fourth-order valence-electron chi connectivity index (χ4n) is 2.16. The molecule has 1 aliphatic rings. The number of amides is 3. The Bertz CT molecular complexity index is 438. The van der Waals surface area contributed by atoms with Gasteiger partial charge in [0.15, 0.2) is 0 Å². The maximum atomic E-state index is 11.6. The Morgan fingerprint density at radius 2 is 1.95 bits per heavy atom. The van der Waals surface area contributed by atoms with Gasteiger partial charge >= 0.3 is 6.03 Å². The fourth-order valence-corrected chi connectivity index (χ4v) is 2.16. The summed E-state index contributed by atoms with van der Waals surface area (Å²) in [4.78, 5) is 26.9. The summed E-state index contributed by atoms with van der Waals surface area (Å²) in [6.45, 7) is 4.43. The molecule has 1 fully saturated rings. The van der Waals surface area contributed by atoms with Crippen LogP contribution in [0.25, 0.3) is 0 Å². The summed E-state index contributed by atoms with van der Waals surface area (Å²) < 4.78 is 5.32. The highest BCUT2D eigenvalue weighted by molar-refractivity contribution is 5.95. The minimum Gasteiger partial charge on any atom is -0.468 e. The van der Waals surface area contributed by atoms with E-state index in [1.807, 2.05) is 17.0 Å². The zero-order valence-corrected chi connectivity index (χ0v) is 11.6. The van der Waals surface area contributed by atoms with Gasteiger partial charge in [-0.05, 0) is 12.1 Å². The highest BCUT2D eigenvalue weighted by Gasteiger charge is 2.20. The quantitative estimate of drug-likeness (QED) is 0.802. The summed E-state index contributed by atoms with van der Waals surface area (Å²) in [6.07, 6.45) is 1.68. The van der Waals surface area contributed by atoms with Crippen LogP contribution in [0.4, 0.5) is 4.79 Å². The van der Waals surface area contributed by atoms with Crippen LogP contribution in [0.5, 0.6) is 0 Å². The van der Waals surface area contributed by atoms with Crippen LogP contribution in [-0.4, -0.2) is 61.5 Å². The predicted octanol–water partition coefficient (Wildman–Crippen LogP) is -0.147. The normalized spacial score (nSPS) is 16.9. The molecule has 0 aromatic carbocycles. The van der Waals surface area contributed by atoms with E-state index in [1.165, 1.54) is 7.05 Å². The van der Waals surface area contributed by atoms with E-state index in [0.29, 0.717) is 0 Å². The average Bonchev–Trinajstić information content (AvgIpc) is 2.93. The van der Waals surface area contributed by atoms with E-state index in [4.69, 9.17) is 4.42 Å². The van der Waals surface area contributed by atoms with Crippen molar-refractivity contribution < 1.29 is 14.0 Å². The molecule has 0 unspecified atom stereocenters. The first-order valence-corrected chi connectivity index (χ1v) is 6.66. The van der Waals surface area contributed by atoms with Gasteiger partial charge in [-0.3, -0.25) is 19.9 Å². The molecule has 0 atom stereocenters. The first-order valence-electron chi connectivity index (χ1n) is 6.66. The molecular formula is C13H20N4O3. The van der Waals surface area contributed by atoms with E-state index in [9.17, 15) is 9.59 Å². The third-order valence-electron chi connectivity index (χ3n) is 3.27. The molecule has 1 saturated heterocycles. The Balaban J connectivity index is 1.69. The van der Waals surface area contributed by atoms with Gasteiger partial charge in [-0.1, -0.05) is 0 Å². The number of piperazine rings is 1. The van der Waals surface area contributed by atoms with Crippen LogP contribution in [0, 0.1) is 0 Å². The average molecular weight is 280 g/mol. The van der Waals surface area contributed by atoms with Gasteiger partial charge in [0.2, 0.25) is 5.91 Å². The van der Waals surface area contributed by atoms with Crippen molar-refractivity contribution in [3.05, 3.63) is 24.2 Å². The van der Waals surface area contributed by atoms with E-state index in [0.717, 1.165) is 38.5 Å². The van der Waals surface area contributed by atoms with Gasteiger partial charge < -0.3 is 9.73 Å². The number of imide groups is 1. The third kappa shape index (κ3) is 4.36. The van der Waals surface area contributed by atoms with E-state index < -0.39 is 6.03 Å². The smallest absolute Gasteiger partial charge is 0.321 e. The van der Waals surface area contributed by atoms with Gasteiger partial charge in [-0.2, -0.15) is 0 Å². The lowest BCUT2D eigenvalue weighted by molar-refractivity contribution is -0.121. The Hall–Kier alpha value is -1.86. The summed E-state index contributed by atoms with van der Waals surface area (Å²) in [7, 11) is 1.48. The molecule has 1 aliphatic heterocycles. The minimum absolute atomic E-state index is 0.252. The highest BCUT2D eigenvalue weighted by atomic mass is 16.3. The Morgan fingerprint density at radius 1 is 1.25 bits per heavy atom. The molecule has 7 nitrogen and oxygen atoms in total. The third-order valence-corrected chi connectivity index (χ3v) is 3.27. The van der Waals surface area contributed by atoms with Crippen LogP contribution in [0.3, 0.4) is 0 Å². The molecule has 1 aromatic heterocycles. The standard InChI is InChI=1S/C13H20N4O3/c1-14-13(19)15-12(18)10-17-6-4-16(5-7-17)9-11-3-2-8-20-11/h2-3,8H,4-7,9-10H2,1H3,(H2,14,15,18,19). The number of carbonyl (C=O) groups excluding carboxylic acids is 2. The van der Waals surface area contributed by atoms with Gasteiger partial charge in [0, 0.05) is 33.2 Å². The highest BCUT2D eigenvalue weighted by Crippen LogP contribution is 2.08. The van der Waals surface area contributed by atoms with Crippen molar-refractivity contribution in [1.82, 2.24) is 20.4 Å². The van der Waals surface area contributed by atoms with E-state index >= 15 is 0 Å². The van der Waals surface area contributed by atoms with Gasteiger partial charge in [0.25, 0.3) is 0 Å². The van der Waals surface area contributed by atoms with E-state index in [1.54, 1.807) is 6.26 Å². The molecule has 2 N–H and O–H groups in total. The van der Waals surface area contributed by atoms with Crippen molar-refractivity contribution in [3.8, 4) is 0 Å². The number of carbonyl (C=O) groups is 2. The fraction of sp³-hybridized carbons (Fsp3) is 0.538. The number of hydrogen-bond acceptors (Lipinski definition) is 5. The van der Waals surface area contributed by atoms with Gasteiger partial charge in [0.05, 0.1) is 19.4 Å². The molecule has 0 spiro atoms. The lowest BCUT2D eigenvalue weighted by Gasteiger charge is -2.33. The molecule has 7 heteroatoms. The molecular weight excluding hydrogens is 260 g/mol. The van der Waals surface area contributed by atoms with Crippen molar-refractivity contribution in [1.29, 1.82) is 0 Å². The number of furan rings is 1. The van der Waals surface area contributed by atoms with Crippen LogP contribution >= 0.6 is 0 Å². The van der Waals surface area contributed by atoms with Gasteiger partial charge in [-0.25, -0.2) is 4.79 Å². The van der Waals surface area contributed by atoms with Crippen LogP contribution in [0.15, 0.2) is 22.8 Å². The SMILES string of the molecule is CNC(=O)NC(=O)CN1CCN(Cc2ccco2)CC1. The molecule has 0 radical (unpaired) electrons. The van der Waals surface area contributed by atoms with Crippen LogP contribution in [0.1, 0.15) is 5.76 Å². The number of hydrogen-bond donors (Lipinski definition) is 2. The van der Waals surface area contributed by atoms with Crippen LogP contribution < -0.4 is 10.6 Å². The van der Waals surface area contributed by atoms with Crippen molar-refractivity contribution in [3.63, 3.8) is 0 Å². The molecule has 1 aromatic rings. The van der Waals surface area contributed by atoms with Crippen molar-refractivity contribution in [2.45, 2.75) is 6.54 Å². The predicted molar refractivity (Wildman–Crippen MR) is 73.0 cm³/mol. The molecule has 0 aliphatic carbocycles. The molecule has 20 heavy (non-hydrogen) atoms. The summed E-state index contributed by atoms with van der Waals surface area (Å²) in [5.41, 5.74) is 0. The van der Waals surface area contributed by atoms with E-state index in [2.05, 4.69) is 15.5 Å². The molecule has 0 saturated carbocycles. The largest absolute Gasteiger partial charge is 0.468 e. The van der Waals surface area contributed by atoms with Crippen molar-refractivity contribution in [2.24, 2.45) is 0 Å². The summed E-state index contributed by atoms with van der Waals surface area (Å²) >= 11 is 0. The number of rotatable bonds is 4. The Labute approximate surface area is 117 Å². The number of urea groups is 1. The van der Waals surface area contributed by atoms with Crippen LogP contribution in [0.2, 0.25) is 0 Å². The summed E-state index contributed by atoms with van der Waals surface area (Å²) in [6, 6.07) is 3.38. The maximum absolute atomic E-state index is 11.6. The molecule has 2 rings (SSSR count). The summed E-state index contributed by atoms with van der Waals surface area (Å²) in [5, 5.41) is 4.62. The lowest BCUT2D eigenvalue weighted by Crippen LogP contribution is -2.50. The first-order chi connectivity index (χ1) is 9.67. The molecule has 110 valence electrons. The zero-order chi connectivity index (χ0) is 14.4. The van der Waals surface area contributed by atoms with Crippen LogP contribution in [-0.2, 0) is 11.3 Å². The summed E-state index contributed by atoms with van der Waals surface area (Å²) in [5.74, 6) is 0.680. The Kier molecular flexibility index (Phi) is 5.14. The van der Waals surface area contributed by atoms with Gasteiger partial charge in [0.1, 0.15) is 5.76 Å². The van der Waals surface area contributed by atoms with Gasteiger partial charge in [-0.15, -0.1) is 0 Å². The Morgan fingerprint density at radius 3 is 2.55 bits per heavy atom. The van der Waals surface area contributed by atoms with Crippen molar-refractivity contribution in [2.75, 3.05) is 39.8 Å². The zero-order valence-electron chi connectivity index (χ0n) is 11.6. The number of nitrogens with one attached hydrogen (secondary N) is 2.